The van der Waals surface area contributed by atoms with Crippen LogP contribution in [0.2, 0.25) is 0 Å². The third kappa shape index (κ3) is 2.04. The Hall–Kier alpha value is -2.68. The molecule has 0 aromatic heterocycles. The van der Waals surface area contributed by atoms with Gasteiger partial charge in [-0.3, -0.25) is 0 Å². The van der Waals surface area contributed by atoms with Gasteiger partial charge in [0.2, 0.25) is 0 Å². The van der Waals surface area contributed by atoms with Crippen LogP contribution in [-0.4, -0.2) is 22.4 Å². The Kier molecular flexibility index (Phi) is 2.81. The van der Waals surface area contributed by atoms with Crippen LogP contribution in [-0.2, 0) is 0 Å². The van der Waals surface area contributed by atoms with Crippen LogP contribution in [0.3, 0.4) is 0 Å². The van der Waals surface area contributed by atoms with E-state index in [9.17, 15) is 10.2 Å². The van der Waals surface area contributed by atoms with E-state index >= 15 is 0 Å². The first kappa shape index (κ1) is 13.7. The van der Waals surface area contributed by atoms with Gasteiger partial charge in [-0.15, -0.1) is 0 Å². The van der Waals surface area contributed by atoms with Crippen LogP contribution in [0, 0.1) is 0 Å². The monoisotopic (exact) mass is 312 g/mol. The molecular formula is C22H16O2. The zero-order valence-corrected chi connectivity index (χ0v) is 13.0. The van der Waals surface area contributed by atoms with Gasteiger partial charge in [0.1, 0.15) is 12.2 Å². The van der Waals surface area contributed by atoms with Crippen molar-refractivity contribution in [1.29, 1.82) is 0 Å². The lowest BCUT2D eigenvalue weighted by Gasteiger charge is -2.15. The van der Waals surface area contributed by atoms with E-state index in [2.05, 4.69) is 60.7 Å². The first-order valence-corrected chi connectivity index (χ1v) is 8.14. The predicted molar refractivity (Wildman–Crippen MR) is 99.2 cm³/mol. The molecule has 0 amide bonds. The van der Waals surface area contributed by atoms with Gasteiger partial charge < -0.3 is 10.2 Å². The standard InChI is InChI=1S/C22H16O2/c23-21-11-19-9-17-7-15-5-13-3-1-2-4-14(13)6-16(15)8-18(17)10-20(19)12-22(21)24/h1-12,21-24H. The van der Waals surface area contributed by atoms with Crippen LogP contribution in [0.15, 0.2) is 60.7 Å². The molecule has 1 aliphatic carbocycles. The average Bonchev–Trinajstić information content (AvgIpc) is 2.58. The van der Waals surface area contributed by atoms with Gasteiger partial charge in [0, 0.05) is 0 Å². The zero-order valence-electron chi connectivity index (χ0n) is 13.0. The van der Waals surface area contributed by atoms with Gasteiger partial charge in [-0.1, -0.05) is 24.3 Å². The van der Waals surface area contributed by atoms with Crippen molar-refractivity contribution < 1.29 is 10.2 Å². The maximum Gasteiger partial charge on any atom is 0.102 e. The summed E-state index contributed by atoms with van der Waals surface area (Å²) in [5, 5.41) is 28.8. The molecule has 4 aromatic rings. The molecule has 0 saturated heterocycles. The van der Waals surface area contributed by atoms with Gasteiger partial charge in [0.05, 0.1) is 0 Å². The summed E-state index contributed by atoms with van der Waals surface area (Å²) < 4.78 is 0. The van der Waals surface area contributed by atoms with Gasteiger partial charge in [0.25, 0.3) is 0 Å². The molecule has 4 aromatic carbocycles. The topological polar surface area (TPSA) is 40.5 Å². The number of fused-ring (bicyclic) bond motifs is 4. The van der Waals surface area contributed by atoms with Crippen molar-refractivity contribution in [2.24, 2.45) is 0 Å². The predicted octanol–water partition coefficient (Wildman–Crippen LogP) is 2.44. The quantitative estimate of drug-likeness (QED) is 0.490. The Morgan fingerprint density at radius 2 is 0.875 bits per heavy atom. The summed E-state index contributed by atoms with van der Waals surface area (Å²) in [4.78, 5) is 0. The summed E-state index contributed by atoms with van der Waals surface area (Å²) in [7, 11) is 0. The van der Waals surface area contributed by atoms with E-state index in [-0.39, 0.29) is 0 Å². The highest BCUT2D eigenvalue weighted by molar-refractivity contribution is 6.04. The van der Waals surface area contributed by atoms with Gasteiger partial charge in [0.15, 0.2) is 0 Å². The van der Waals surface area contributed by atoms with Crippen LogP contribution in [0.1, 0.15) is 0 Å². The zero-order chi connectivity index (χ0) is 16.3. The Balaban J connectivity index is 1.87. The molecule has 0 aliphatic heterocycles. The second kappa shape index (κ2) is 4.91. The summed E-state index contributed by atoms with van der Waals surface area (Å²) in [5.74, 6) is 0. The van der Waals surface area contributed by atoms with Gasteiger partial charge in [-0.25, -0.2) is 0 Å². The smallest absolute Gasteiger partial charge is 0.102 e. The second-order valence-electron chi connectivity index (χ2n) is 6.54. The maximum absolute atomic E-state index is 9.85. The van der Waals surface area contributed by atoms with E-state index in [1.54, 1.807) is 12.2 Å². The fourth-order valence-corrected chi connectivity index (χ4v) is 3.63. The van der Waals surface area contributed by atoms with Crippen molar-refractivity contribution in [2.45, 2.75) is 12.2 Å². The lowest BCUT2D eigenvalue weighted by atomic mass is 9.96. The molecule has 2 heteroatoms. The molecule has 24 heavy (non-hydrogen) atoms. The lowest BCUT2D eigenvalue weighted by Crippen LogP contribution is -2.37. The third-order valence-corrected chi connectivity index (χ3v) is 4.91. The molecule has 2 nitrogen and oxygen atoms in total. The van der Waals surface area contributed by atoms with E-state index in [0.29, 0.717) is 0 Å². The van der Waals surface area contributed by atoms with Crippen molar-refractivity contribution >= 4 is 44.5 Å². The van der Waals surface area contributed by atoms with Crippen LogP contribution in [0.5, 0.6) is 0 Å². The molecule has 5 rings (SSSR count). The molecular weight excluding hydrogens is 296 g/mol. The van der Waals surface area contributed by atoms with Gasteiger partial charge >= 0.3 is 0 Å². The number of hydrogen-bond donors (Lipinski definition) is 2. The maximum atomic E-state index is 9.85. The average molecular weight is 312 g/mol. The van der Waals surface area contributed by atoms with E-state index in [0.717, 1.165) is 21.2 Å². The molecule has 0 fully saturated rings. The fourth-order valence-electron chi connectivity index (χ4n) is 3.63. The molecule has 2 atom stereocenters. The number of rotatable bonds is 0. The summed E-state index contributed by atoms with van der Waals surface area (Å²) in [6.07, 6.45) is 1.78. The Morgan fingerprint density at radius 1 is 0.500 bits per heavy atom. The minimum Gasteiger partial charge on any atom is -0.386 e. The number of aliphatic hydroxyl groups excluding tert-OH is 2. The van der Waals surface area contributed by atoms with E-state index < -0.39 is 12.2 Å². The Labute approximate surface area is 138 Å². The van der Waals surface area contributed by atoms with Crippen molar-refractivity contribution in [2.75, 3.05) is 0 Å². The first-order chi connectivity index (χ1) is 11.7. The van der Waals surface area contributed by atoms with E-state index in [1.165, 1.54) is 21.5 Å². The second-order valence-corrected chi connectivity index (χ2v) is 6.54. The van der Waals surface area contributed by atoms with Crippen LogP contribution in [0.25, 0.3) is 44.5 Å². The SMILES string of the molecule is OC1C=c2cc3cc4cc5ccccc5cc4cc3cc2=CC1O. The minimum atomic E-state index is -0.834. The summed E-state index contributed by atoms with van der Waals surface area (Å²) in [5.41, 5.74) is 0. The molecule has 0 heterocycles. The lowest BCUT2D eigenvalue weighted by molar-refractivity contribution is 0.0993. The summed E-state index contributed by atoms with van der Waals surface area (Å²) in [6, 6.07) is 21.4. The fraction of sp³-hybridized carbons (Fsp3) is 0.0909. The number of benzene rings is 4. The largest absolute Gasteiger partial charge is 0.386 e. The van der Waals surface area contributed by atoms with Gasteiger partial charge in [-0.2, -0.15) is 0 Å². The first-order valence-electron chi connectivity index (χ1n) is 8.14. The Morgan fingerprint density at radius 3 is 1.33 bits per heavy atom. The highest BCUT2D eigenvalue weighted by Gasteiger charge is 2.14. The normalized spacial score (nSPS) is 19.9. The van der Waals surface area contributed by atoms with Gasteiger partial charge in [-0.05, 0) is 91.3 Å². The molecule has 0 spiro atoms. The minimum absolute atomic E-state index is 0.834. The van der Waals surface area contributed by atoms with Crippen molar-refractivity contribution in [3.8, 4) is 0 Å². The van der Waals surface area contributed by atoms with Crippen LogP contribution in [0.4, 0.5) is 0 Å². The molecule has 1 aliphatic rings. The van der Waals surface area contributed by atoms with Crippen molar-refractivity contribution in [3.63, 3.8) is 0 Å². The molecule has 116 valence electrons. The summed E-state index contributed by atoms with van der Waals surface area (Å²) >= 11 is 0. The van der Waals surface area contributed by atoms with Crippen molar-refractivity contribution in [1.82, 2.24) is 0 Å². The summed E-state index contributed by atoms with van der Waals surface area (Å²) in [6.45, 7) is 0. The van der Waals surface area contributed by atoms with E-state index in [1.807, 2.05) is 0 Å². The molecule has 0 saturated carbocycles. The Bertz CT molecular complexity index is 1140. The third-order valence-electron chi connectivity index (χ3n) is 4.91. The highest BCUT2D eigenvalue weighted by Crippen LogP contribution is 2.26. The van der Waals surface area contributed by atoms with Crippen LogP contribution < -0.4 is 10.4 Å². The molecule has 2 N–H and O–H groups in total. The molecule has 2 unspecified atom stereocenters. The molecule has 0 bridgehead atoms. The molecule has 0 radical (unpaired) electrons. The number of hydrogen-bond acceptors (Lipinski definition) is 2. The van der Waals surface area contributed by atoms with E-state index in [4.69, 9.17) is 0 Å². The highest BCUT2D eigenvalue weighted by atomic mass is 16.3. The number of aliphatic hydroxyl groups is 2. The van der Waals surface area contributed by atoms with Crippen LogP contribution >= 0.6 is 0 Å². The van der Waals surface area contributed by atoms with Crippen molar-refractivity contribution in [3.05, 3.63) is 71.1 Å².